The number of carbonyl (C=O) groups is 1. The van der Waals surface area contributed by atoms with Gasteiger partial charge in [-0.2, -0.15) is 0 Å². The summed E-state index contributed by atoms with van der Waals surface area (Å²) in [6, 6.07) is 13.9. The fraction of sp³-hybridized carbons (Fsp3) is 0.188. The van der Waals surface area contributed by atoms with E-state index in [0.29, 0.717) is 21.8 Å². The van der Waals surface area contributed by atoms with Crippen molar-refractivity contribution in [3.63, 3.8) is 0 Å². The van der Waals surface area contributed by atoms with Crippen LogP contribution < -0.4 is 10.0 Å². The fourth-order valence-corrected chi connectivity index (χ4v) is 3.34. The number of halogens is 1. The standard InChI is InChI=1S/C16H17ClN2O3S/c1-12-13(6-5-9-15(12)17)11-23(21,22)18-10-16(20)19-14-7-3-2-4-8-14/h2-9,18H,10-11H2,1H3,(H,19,20). The molecule has 0 unspecified atom stereocenters. The Morgan fingerprint density at radius 2 is 1.78 bits per heavy atom. The molecule has 0 aliphatic heterocycles. The molecule has 0 radical (unpaired) electrons. The summed E-state index contributed by atoms with van der Waals surface area (Å²) in [7, 11) is -3.63. The molecule has 1 amide bonds. The van der Waals surface area contributed by atoms with Crippen LogP contribution in [-0.4, -0.2) is 20.9 Å². The van der Waals surface area contributed by atoms with Crippen LogP contribution in [0.2, 0.25) is 5.02 Å². The van der Waals surface area contributed by atoms with E-state index in [2.05, 4.69) is 10.0 Å². The Balaban J connectivity index is 1.94. The van der Waals surface area contributed by atoms with Crippen molar-refractivity contribution in [2.45, 2.75) is 12.7 Å². The van der Waals surface area contributed by atoms with E-state index < -0.39 is 15.9 Å². The molecule has 0 fully saturated rings. The Bertz CT molecular complexity index is 792. The lowest BCUT2D eigenvalue weighted by molar-refractivity contribution is -0.115. The lowest BCUT2D eigenvalue weighted by Gasteiger charge is -2.10. The lowest BCUT2D eigenvalue weighted by atomic mass is 10.1. The molecule has 5 nitrogen and oxygen atoms in total. The Labute approximate surface area is 140 Å². The maximum Gasteiger partial charge on any atom is 0.239 e. The van der Waals surface area contributed by atoms with Gasteiger partial charge >= 0.3 is 0 Å². The van der Waals surface area contributed by atoms with Gasteiger partial charge in [0.2, 0.25) is 15.9 Å². The number of benzene rings is 2. The normalized spacial score (nSPS) is 11.2. The highest BCUT2D eigenvalue weighted by atomic mass is 35.5. The fourth-order valence-electron chi connectivity index (χ4n) is 1.97. The Morgan fingerprint density at radius 3 is 2.48 bits per heavy atom. The van der Waals surface area contributed by atoms with E-state index in [4.69, 9.17) is 11.6 Å². The molecule has 0 heterocycles. The van der Waals surface area contributed by atoms with E-state index in [0.717, 1.165) is 0 Å². The highest BCUT2D eigenvalue weighted by Gasteiger charge is 2.15. The van der Waals surface area contributed by atoms with Crippen LogP contribution in [0.1, 0.15) is 11.1 Å². The van der Waals surface area contributed by atoms with Crippen LogP contribution in [0, 0.1) is 6.92 Å². The van der Waals surface area contributed by atoms with E-state index >= 15 is 0 Å². The number of anilines is 1. The second-order valence-corrected chi connectivity index (χ2v) is 7.23. The molecule has 2 rings (SSSR count). The maximum absolute atomic E-state index is 12.1. The predicted molar refractivity (Wildman–Crippen MR) is 91.9 cm³/mol. The Morgan fingerprint density at radius 1 is 1.09 bits per heavy atom. The van der Waals surface area contributed by atoms with Crippen LogP contribution in [-0.2, 0) is 20.6 Å². The average molecular weight is 353 g/mol. The van der Waals surface area contributed by atoms with Gasteiger partial charge in [-0.3, -0.25) is 4.79 Å². The molecule has 0 aliphatic rings. The summed E-state index contributed by atoms with van der Waals surface area (Å²) in [4.78, 5) is 11.8. The first-order valence-electron chi connectivity index (χ1n) is 6.93. The summed E-state index contributed by atoms with van der Waals surface area (Å²) in [5.41, 5.74) is 1.93. The van der Waals surface area contributed by atoms with Gasteiger partial charge in [0.15, 0.2) is 0 Å². The molecule has 0 atom stereocenters. The molecule has 0 aliphatic carbocycles. The topological polar surface area (TPSA) is 75.3 Å². The third-order valence-electron chi connectivity index (χ3n) is 3.24. The molecule has 23 heavy (non-hydrogen) atoms. The van der Waals surface area contributed by atoms with E-state index in [-0.39, 0.29) is 12.3 Å². The molecule has 0 saturated heterocycles. The van der Waals surface area contributed by atoms with Crippen LogP contribution in [0.25, 0.3) is 0 Å². The summed E-state index contributed by atoms with van der Waals surface area (Å²) in [5.74, 6) is -0.652. The van der Waals surface area contributed by atoms with Gasteiger partial charge in [0, 0.05) is 10.7 Å². The first-order valence-corrected chi connectivity index (χ1v) is 8.96. The van der Waals surface area contributed by atoms with Crippen molar-refractivity contribution in [2.24, 2.45) is 0 Å². The van der Waals surface area contributed by atoms with Gasteiger partial charge in [-0.1, -0.05) is 41.9 Å². The highest BCUT2D eigenvalue weighted by Crippen LogP contribution is 2.20. The SMILES string of the molecule is Cc1c(Cl)cccc1CS(=O)(=O)NCC(=O)Nc1ccccc1. The molecule has 122 valence electrons. The van der Waals surface area contributed by atoms with Crippen LogP contribution in [0.3, 0.4) is 0 Å². The summed E-state index contributed by atoms with van der Waals surface area (Å²) < 4.78 is 26.5. The zero-order chi connectivity index (χ0) is 16.9. The van der Waals surface area contributed by atoms with Crippen molar-refractivity contribution >= 4 is 33.2 Å². The molecule has 7 heteroatoms. The minimum atomic E-state index is -3.63. The molecule has 0 bridgehead atoms. The molecular formula is C16H17ClN2O3S. The highest BCUT2D eigenvalue weighted by molar-refractivity contribution is 7.88. The van der Waals surface area contributed by atoms with E-state index in [1.807, 2.05) is 6.07 Å². The number of para-hydroxylation sites is 1. The zero-order valence-electron chi connectivity index (χ0n) is 12.5. The number of rotatable bonds is 6. The average Bonchev–Trinajstić information content (AvgIpc) is 2.51. The third kappa shape index (κ3) is 5.35. The minimum Gasteiger partial charge on any atom is -0.325 e. The van der Waals surface area contributed by atoms with Crippen LogP contribution in [0.4, 0.5) is 5.69 Å². The smallest absolute Gasteiger partial charge is 0.239 e. The van der Waals surface area contributed by atoms with Crippen molar-refractivity contribution in [1.29, 1.82) is 0 Å². The monoisotopic (exact) mass is 352 g/mol. The molecule has 0 aromatic heterocycles. The molecule has 2 N–H and O–H groups in total. The van der Waals surface area contributed by atoms with Gasteiger partial charge in [-0.05, 0) is 36.2 Å². The van der Waals surface area contributed by atoms with Gasteiger partial charge in [-0.25, -0.2) is 13.1 Å². The predicted octanol–water partition coefficient (Wildman–Crippen LogP) is 2.71. The quantitative estimate of drug-likeness (QED) is 0.839. The summed E-state index contributed by atoms with van der Waals surface area (Å²) in [6.07, 6.45) is 0. The minimum absolute atomic E-state index is 0.224. The number of hydrogen-bond donors (Lipinski definition) is 2. The third-order valence-corrected chi connectivity index (χ3v) is 4.92. The first kappa shape index (κ1) is 17.5. The largest absolute Gasteiger partial charge is 0.325 e. The molecule has 2 aromatic carbocycles. The maximum atomic E-state index is 12.1. The van der Waals surface area contributed by atoms with Gasteiger partial charge in [0.1, 0.15) is 0 Å². The summed E-state index contributed by atoms with van der Waals surface area (Å²) in [5, 5.41) is 3.13. The lowest BCUT2D eigenvalue weighted by Crippen LogP contribution is -2.33. The number of hydrogen-bond acceptors (Lipinski definition) is 3. The molecular weight excluding hydrogens is 336 g/mol. The van der Waals surface area contributed by atoms with Crippen molar-refractivity contribution in [1.82, 2.24) is 4.72 Å². The molecule has 0 saturated carbocycles. The molecule has 2 aromatic rings. The van der Waals surface area contributed by atoms with Gasteiger partial charge in [0.25, 0.3) is 0 Å². The van der Waals surface area contributed by atoms with Crippen molar-refractivity contribution in [3.05, 3.63) is 64.7 Å². The summed E-state index contributed by atoms with van der Waals surface area (Å²) >= 11 is 5.98. The van der Waals surface area contributed by atoms with Crippen LogP contribution in [0.15, 0.2) is 48.5 Å². The van der Waals surface area contributed by atoms with Gasteiger partial charge in [-0.15, -0.1) is 0 Å². The van der Waals surface area contributed by atoms with E-state index in [9.17, 15) is 13.2 Å². The Kier molecular flexibility index (Phi) is 5.76. The summed E-state index contributed by atoms with van der Waals surface area (Å²) in [6.45, 7) is 1.44. The number of nitrogens with one attached hydrogen (secondary N) is 2. The Hall–Kier alpha value is -1.89. The van der Waals surface area contributed by atoms with Crippen molar-refractivity contribution < 1.29 is 13.2 Å². The van der Waals surface area contributed by atoms with Crippen LogP contribution >= 0.6 is 11.6 Å². The second-order valence-electron chi connectivity index (χ2n) is 5.02. The number of sulfonamides is 1. The first-order chi connectivity index (χ1) is 10.9. The number of amides is 1. The van der Waals surface area contributed by atoms with Crippen molar-refractivity contribution in [2.75, 3.05) is 11.9 Å². The van der Waals surface area contributed by atoms with E-state index in [1.54, 1.807) is 49.4 Å². The van der Waals surface area contributed by atoms with Gasteiger partial charge < -0.3 is 5.32 Å². The zero-order valence-corrected chi connectivity index (χ0v) is 14.1. The van der Waals surface area contributed by atoms with E-state index in [1.165, 1.54) is 0 Å². The second kappa shape index (κ2) is 7.59. The van der Waals surface area contributed by atoms with Crippen LogP contribution in [0.5, 0.6) is 0 Å². The molecule has 0 spiro atoms. The van der Waals surface area contributed by atoms with Gasteiger partial charge in [0.05, 0.1) is 12.3 Å². The van der Waals surface area contributed by atoms with Crippen molar-refractivity contribution in [3.8, 4) is 0 Å². The number of carbonyl (C=O) groups excluding carboxylic acids is 1.